The molecule has 0 unspecified atom stereocenters. The number of hydrogen-bond acceptors (Lipinski definition) is 7. The molecule has 0 saturated carbocycles. The predicted molar refractivity (Wildman–Crippen MR) is 116 cm³/mol. The highest BCUT2D eigenvalue weighted by Gasteiger charge is 2.17. The van der Waals surface area contributed by atoms with Crippen LogP contribution in [0.4, 0.5) is 33.2 Å². The van der Waals surface area contributed by atoms with E-state index in [2.05, 4.69) is 25.9 Å². The Balaban J connectivity index is 1.43. The highest BCUT2D eigenvalue weighted by Crippen LogP contribution is 2.24. The molecular formula is C22H22FN5O3. The first-order valence-corrected chi connectivity index (χ1v) is 9.84. The summed E-state index contributed by atoms with van der Waals surface area (Å²) in [6.07, 6.45) is 2.05. The molecule has 1 aliphatic heterocycles. The fourth-order valence-electron chi connectivity index (χ4n) is 3.07. The number of benzene rings is 2. The van der Waals surface area contributed by atoms with Gasteiger partial charge in [0.25, 0.3) is 0 Å². The maximum atomic E-state index is 14.2. The van der Waals surface area contributed by atoms with Gasteiger partial charge in [0, 0.05) is 30.4 Å². The molecule has 0 radical (unpaired) electrons. The molecule has 1 aliphatic rings. The molecule has 1 aromatic heterocycles. The van der Waals surface area contributed by atoms with Gasteiger partial charge in [0.2, 0.25) is 11.9 Å². The van der Waals surface area contributed by atoms with E-state index in [9.17, 15) is 9.18 Å². The standard InChI is InChI=1S/C22H22FN5O3/c1-14(29)25-16-3-2-4-17(11-16)26-21-20(23)12-24-22(28-21)27-15-5-7-18(8-6-15)31-19-9-10-30-13-19/h2-8,11-12,19H,9-10,13H2,1H3,(H,25,29)(H2,24,26,27,28)/t19-/m0/s1. The van der Waals surface area contributed by atoms with Gasteiger partial charge in [-0.05, 0) is 42.5 Å². The first-order chi connectivity index (χ1) is 15.0. The zero-order chi connectivity index (χ0) is 21.6. The van der Waals surface area contributed by atoms with Gasteiger partial charge in [-0.15, -0.1) is 0 Å². The third-order valence-corrected chi connectivity index (χ3v) is 4.49. The number of hydrogen-bond donors (Lipinski definition) is 3. The van der Waals surface area contributed by atoms with E-state index in [1.807, 2.05) is 24.3 Å². The van der Waals surface area contributed by atoms with Crippen molar-refractivity contribution in [3.05, 3.63) is 60.5 Å². The smallest absolute Gasteiger partial charge is 0.229 e. The Morgan fingerprint density at radius 3 is 2.68 bits per heavy atom. The van der Waals surface area contributed by atoms with Crippen molar-refractivity contribution in [2.75, 3.05) is 29.2 Å². The van der Waals surface area contributed by atoms with Gasteiger partial charge in [-0.3, -0.25) is 4.79 Å². The normalized spacial score (nSPS) is 15.4. The Kier molecular flexibility index (Phi) is 6.23. The van der Waals surface area contributed by atoms with Crippen LogP contribution < -0.4 is 20.7 Å². The van der Waals surface area contributed by atoms with Crippen LogP contribution in [0.1, 0.15) is 13.3 Å². The maximum Gasteiger partial charge on any atom is 0.229 e. The zero-order valence-electron chi connectivity index (χ0n) is 16.9. The van der Waals surface area contributed by atoms with Crippen molar-refractivity contribution in [1.29, 1.82) is 0 Å². The summed E-state index contributed by atoms with van der Waals surface area (Å²) in [5, 5.41) is 8.64. The average Bonchev–Trinajstić information content (AvgIpc) is 3.25. The molecule has 9 heteroatoms. The van der Waals surface area contributed by atoms with Crippen molar-refractivity contribution in [1.82, 2.24) is 9.97 Å². The van der Waals surface area contributed by atoms with Crippen molar-refractivity contribution < 1.29 is 18.7 Å². The van der Waals surface area contributed by atoms with Crippen LogP contribution in [0, 0.1) is 5.82 Å². The molecule has 1 saturated heterocycles. The van der Waals surface area contributed by atoms with E-state index in [4.69, 9.17) is 9.47 Å². The summed E-state index contributed by atoms with van der Waals surface area (Å²) in [5.74, 6) is 0.212. The number of nitrogens with one attached hydrogen (secondary N) is 3. The lowest BCUT2D eigenvalue weighted by atomic mass is 10.2. The van der Waals surface area contributed by atoms with Crippen LogP contribution in [0.25, 0.3) is 0 Å². The van der Waals surface area contributed by atoms with Crippen molar-refractivity contribution in [2.45, 2.75) is 19.4 Å². The molecule has 4 rings (SSSR count). The molecule has 3 aromatic rings. The average molecular weight is 423 g/mol. The van der Waals surface area contributed by atoms with Gasteiger partial charge in [0.1, 0.15) is 11.9 Å². The van der Waals surface area contributed by atoms with Gasteiger partial charge in [0.05, 0.1) is 19.4 Å². The first-order valence-electron chi connectivity index (χ1n) is 9.84. The van der Waals surface area contributed by atoms with Crippen molar-refractivity contribution in [3.8, 4) is 5.75 Å². The lowest BCUT2D eigenvalue weighted by Gasteiger charge is -2.13. The minimum Gasteiger partial charge on any atom is -0.488 e. The Morgan fingerprint density at radius 1 is 1.13 bits per heavy atom. The molecule has 0 aliphatic carbocycles. The second kappa shape index (κ2) is 9.40. The van der Waals surface area contributed by atoms with Crippen LogP contribution in [0.2, 0.25) is 0 Å². The number of amides is 1. The second-order valence-corrected chi connectivity index (χ2v) is 7.03. The van der Waals surface area contributed by atoms with E-state index in [0.29, 0.717) is 18.0 Å². The number of carbonyl (C=O) groups excluding carboxylic acids is 1. The molecular weight excluding hydrogens is 401 g/mol. The molecule has 160 valence electrons. The number of ether oxygens (including phenoxy) is 2. The van der Waals surface area contributed by atoms with Crippen LogP contribution in [0.5, 0.6) is 5.75 Å². The third kappa shape index (κ3) is 5.67. The van der Waals surface area contributed by atoms with Gasteiger partial charge in [-0.2, -0.15) is 4.98 Å². The Morgan fingerprint density at radius 2 is 1.94 bits per heavy atom. The molecule has 1 fully saturated rings. The Hall–Kier alpha value is -3.72. The summed E-state index contributed by atoms with van der Waals surface area (Å²) in [4.78, 5) is 19.4. The highest BCUT2D eigenvalue weighted by atomic mass is 19.1. The minimum absolute atomic E-state index is 0.0126. The zero-order valence-corrected chi connectivity index (χ0v) is 16.9. The molecule has 1 atom stereocenters. The van der Waals surface area contributed by atoms with Gasteiger partial charge >= 0.3 is 0 Å². The van der Waals surface area contributed by atoms with Gasteiger partial charge in [-0.1, -0.05) is 6.07 Å². The largest absolute Gasteiger partial charge is 0.488 e. The number of rotatable bonds is 7. The van der Waals surface area contributed by atoms with Crippen molar-refractivity contribution >= 4 is 34.7 Å². The molecule has 1 amide bonds. The van der Waals surface area contributed by atoms with E-state index in [-0.39, 0.29) is 23.8 Å². The highest BCUT2D eigenvalue weighted by molar-refractivity contribution is 5.89. The third-order valence-electron chi connectivity index (χ3n) is 4.49. The number of carbonyl (C=O) groups is 1. The quantitative estimate of drug-likeness (QED) is 0.523. The van der Waals surface area contributed by atoms with Gasteiger partial charge in [-0.25, -0.2) is 9.37 Å². The molecule has 8 nitrogen and oxygen atoms in total. The second-order valence-electron chi connectivity index (χ2n) is 7.03. The number of aromatic nitrogens is 2. The van der Waals surface area contributed by atoms with Crippen molar-refractivity contribution in [3.63, 3.8) is 0 Å². The summed E-state index contributed by atoms with van der Waals surface area (Å²) in [7, 11) is 0. The molecule has 0 bridgehead atoms. The summed E-state index contributed by atoms with van der Waals surface area (Å²) in [6, 6.07) is 14.3. The van der Waals surface area contributed by atoms with Crippen molar-refractivity contribution in [2.24, 2.45) is 0 Å². The maximum absolute atomic E-state index is 14.2. The molecule has 2 aromatic carbocycles. The van der Waals surface area contributed by atoms with Crippen LogP contribution in [0.3, 0.4) is 0 Å². The van der Waals surface area contributed by atoms with E-state index in [0.717, 1.165) is 30.7 Å². The minimum atomic E-state index is -0.599. The van der Waals surface area contributed by atoms with E-state index >= 15 is 0 Å². The molecule has 2 heterocycles. The van der Waals surface area contributed by atoms with E-state index < -0.39 is 5.82 Å². The Bertz CT molecular complexity index is 1060. The van der Waals surface area contributed by atoms with Gasteiger partial charge in [0.15, 0.2) is 11.6 Å². The van der Waals surface area contributed by atoms with Crippen LogP contribution >= 0.6 is 0 Å². The molecule has 31 heavy (non-hydrogen) atoms. The van der Waals surface area contributed by atoms with Crippen LogP contribution in [-0.4, -0.2) is 35.2 Å². The lowest BCUT2D eigenvalue weighted by molar-refractivity contribution is -0.114. The predicted octanol–water partition coefficient (Wildman–Crippen LogP) is 4.23. The van der Waals surface area contributed by atoms with Crippen LogP contribution in [0.15, 0.2) is 54.7 Å². The number of halogens is 1. The summed E-state index contributed by atoms with van der Waals surface area (Å²) in [6.45, 7) is 2.75. The number of nitrogens with zero attached hydrogens (tertiary/aromatic N) is 2. The molecule has 0 spiro atoms. The summed E-state index contributed by atoms with van der Waals surface area (Å²) in [5.41, 5.74) is 1.91. The first kappa shape index (κ1) is 20.5. The van der Waals surface area contributed by atoms with Gasteiger partial charge < -0.3 is 25.4 Å². The van der Waals surface area contributed by atoms with E-state index in [1.165, 1.54) is 6.92 Å². The summed E-state index contributed by atoms with van der Waals surface area (Å²) >= 11 is 0. The monoisotopic (exact) mass is 423 g/mol. The Labute approximate surface area is 178 Å². The lowest BCUT2D eigenvalue weighted by Crippen LogP contribution is -2.15. The molecule has 3 N–H and O–H groups in total. The SMILES string of the molecule is CC(=O)Nc1cccc(Nc2nc(Nc3ccc(O[C@H]4CCOC4)cc3)ncc2F)c1. The van der Waals surface area contributed by atoms with E-state index in [1.54, 1.807) is 24.3 Å². The fourth-order valence-corrected chi connectivity index (χ4v) is 3.07. The fraction of sp³-hybridized carbons (Fsp3) is 0.227. The van der Waals surface area contributed by atoms with Crippen LogP contribution in [-0.2, 0) is 9.53 Å². The number of anilines is 5. The summed E-state index contributed by atoms with van der Waals surface area (Å²) < 4.78 is 25.4. The topological polar surface area (TPSA) is 97.4 Å².